The number of pyridine rings is 1. The highest BCUT2D eigenvalue weighted by molar-refractivity contribution is 7.99. The second-order valence-electron chi connectivity index (χ2n) is 10.0. The lowest BCUT2D eigenvalue weighted by Crippen LogP contribution is -2.27. The van der Waals surface area contributed by atoms with Crippen molar-refractivity contribution in [2.45, 2.75) is 38.3 Å². The fourth-order valence-corrected chi connectivity index (χ4v) is 6.07. The number of nitrogens with zero attached hydrogens (tertiary/aromatic N) is 6. The van der Waals surface area contributed by atoms with Gasteiger partial charge in [0.25, 0.3) is 0 Å². The van der Waals surface area contributed by atoms with Crippen LogP contribution in [0.2, 0.25) is 0 Å². The quantitative estimate of drug-likeness (QED) is 0.171. The molecule has 202 valence electrons. The van der Waals surface area contributed by atoms with E-state index < -0.39 is 0 Å². The summed E-state index contributed by atoms with van der Waals surface area (Å²) in [6.45, 7) is 7.23. The number of thioether (sulfide) groups is 1. The molecule has 0 aliphatic carbocycles. The summed E-state index contributed by atoms with van der Waals surface area (Å²) < 4.78 is 7.38. The molecule has 0 unspecified atom stereocenters. The minimum absolute atomic E-state index is 0. The molecule has 0 fully saturated rings. The van der Waals surface area contributed by atoms with Crippen LogP contribution in [0.4, 0.5) is 0 Å². The first kappa shape index (κ1) is 27.4. The Labute approximate surface area is 239 Å². The summed E-state index contributed by atoms with van der Waals surface area (Å²) in [5.41, 5.74) is 8.03. The minimum atomic E-state index is 0. The van der Waals surface area contributed by atoms with Crippen molar-refractivity contribution in [1.82, 2.24) is 29.8 Å². The fourth-order valence-electron chi connectivity index (χ4n) is 5.24. The summed E-state index contributed by atoms with van der Waals surface area (Å²) in [5, 5.41) is 15.3. The number of benzene rings is 2. The van der Waals surface area contributed by atoms with Crippen molar-refractivity contribution in [3.8, 4) is 22.6 Å². The standard InChI is InChI=1S/C30H32N6OS.ClH/c1-20-8-11-25-26(6-4-7-27(25)31-20)29-32-33-30(35(29)3)38-17-5-14-36-15-12-22-9-10-24(19-23(22)13-16-36)28-18-21(2)37-34-28;/h4,6-11,18-19H,5,12-17H2,1-3H3;1H. The maximum atomic E-state index is 5.27. The van der Waals surface area contributed by atoms with Gasteiger partial charge in [-0.25, -0.2) is 0 Å². The number of aromatic nitrogens is 5. The third kappa shape index (κ3) is 5.88. The molecule has 0 saturated heterocycles. The molecule has 1 aliphatic rings. The van der Waals surface area contributed by atoms with E-state index in [0.29, 0.717) is 0 Å². The van der Waals surface area contributed by atoms with Crippen LogP contribution in [-0.2, 0) is 19.9 Å². The van der Waals surface area contributed by atoms with E-state index in [0.717, 1.165) is 94.8 Å². The molecule has 9 heteroatoms. The predicted octanol–water partition coefficient (Wildman–Crippen LogP) is 6.31. The van der Waals surface area contributed by atoms with E-state index >= 15 is 0 Å². The zero-order valence-corrected chi connectivity index (χ0v) is 24.2. The Morgan fingerprint density at radius 1 is 0.949 bits per heavy atom. The molecule has 3 aromatic heterocycles. The van der Waals surface area contributed by atoms with Crippen molar-refractivity contribution in [3.05, 3.63) is 77.2 Å². The van der Waals surface area contributed by atoms with Gasteiger partial charge in [-0.05, 0) is 69.0 Å². The van der Waals surface area contributed by atoms with Gasteiger partial charge in [0.1, 0.15) is 11.5 Å². The van der Waals surface area contributed by atoms with E-state index in [1.54, 1.807) is 11.8 Å². The van der Waals surface area contributed by atoms with Gasteiger partial charge in [0.05, 0.1) is 5.52 Å². The largest absolute Gasteiger partial charge is 0.361 e. The predicted molar refractivity (Wildman–Crippen MR) is 160 cm³/mol. The lowest BCUT2D eigenvalue weighted by Gasteiger charge is -2.19. The van der Waals surface area contributed by atoms with Crippen LogP contribution in [0.3, 0.4) is 0 Å². The normalized spacial score (nSPS) is 13.7. The second kappa shape index (κ2) is 11.9. The lowest BCUT2D eigenvalue weighted by atomic mass is 9.99. The number of hydrogen-bond acceptors (Lipinski definition) is 7. The molecule has 0 N–H and O–H groups in total. The number of aryl methyl sites for hydroxylation is 2. The van der Waals surface area contributed by atoms with Crippen LogP contribution in [0.25, 0.3) is 33.5 Å². The third-order valence-corrected chi connectivity index (χ3v) is 8.43. The van der Waals surface area contributed by atoms with Crippen molar-refractivity contribution in [2.24, 2.45) is 7.05 Å². The Morgan fingerprint density at radius 3 is 2.62 bits per heavy atom. The van der Waals surface area contributed by atoms with Crippen molar-refractivity contribution in [3.63, 3.8) is 0 Å². The van der Waals surface area contributed by atoms with E-state index in [2.05, 4.69) is 79.3 Å². The molecule has 1 aliphatic heterocycles. The monoisotopic (exact) mass is 560 g/mol. The maximum Gasteiger partial charge on any atom is 0.191 e. The maximum absolute atomic E-state index is 5.27. The van der Waals surface area contributed by atoms with Gasteiger partial charge in [-0.3, -0.25) is 4.98 Å². The van der Waals surface area contributed by atoms with Crippen LogP contribution < -0.4 is 0 Å². The summed E-state index contributed by atoms with van der Waals surface area (Å²) in [5.74, 6) is 2.74. The molecule has 0 atom stereocenters. The molecule has 0 radical (unpaired) electrons. The van der Waals surface area contributed by atoms with Gasteiger partial charge in [0, 0.05) is 54.2 Å². The Bertz CT molecular complexity index is 1600. The van der Waals surface area contributed by atoms with Crippen LogP contribution in [0.1, 0.15) is 29.0 Å². The lowest BCUT2D eigenvalue weighted by molar-refractivity contribution is 0.289. The van der Waals surface area contributed by atoms with E-state index in [4.69, 9.17) is 4.52 Å². The molecule has 0 spiro atoms. The molecule has 0 saturated carbocycles. The van der Waals surface area contributed by atoms with Crippen LogP contribution in [0.15, 0.2) is 64.3 Å². The number of hydrogen-bond donors (Lipinski definition) is 0. The molecule has 7 nitrogen and oxygen atoms in total. The Balaban J connectivity index is 0.00000308. The molecular formula is C30H33ClN6OS. The van der Waals surface area contributed by atoms with E-state index in [9.17, 15) is 0 Å². The van der Waals surface area contributed by atoms with Gasteiger partial charge in [0.2, 0.25) is 0 Å². The summed E-state index contributed by atoms with van der Waals surface area (Å²) in [7, 11) is 2.05. The second-order valence-corrected chi connectivity index (χ2v) is 11.1. The Morgan fingerprint density at radius 2 is 1.79 bits per heavy atom. The molecule has 39 heavy (non-hydrogen) atoms. The Hall–Kier alpha value is -3.20. The van der Waals surface area contributed by atoms with Gasteiger partial charge in [0.15, 0.2) is 11.0 Å². The average molecular weight is 561 g/mol. The molecule has 5 aromatic rings. The number of halogens is 1. The zero-order chi connectivity index (χ0) is 26.1. The van der Waals surface area contributed by atoms with Crippen LogP contribution in [0, 0.1) is 13.8 Å². The molecule has 0 amide bonds. The average Bonchev–Trinajstić information content (AvgIpc) is 3.45. The number of rotatable bonds is 7. The first-order valence-corrected chi connectivity index (χ1v) is 14.2. The highest BCUT2D eigenvalue weighted by Crippen LogP contribution is 2.29. The van der Waals surface area contributed by atoms with Gasteiger partial charge in [-0.1, -0.05) is 47.3 Å². The first-order chi connectivity index (χ1) is 18.5. The molecule has 0 bridgehead atoms. The summed E-state index contributed by atoms with van der Waals surface area (Å²) in [6.07, 6.45) is 3.27. The summed E-state index contributed by atoms with van der Waals surface area (Å²) in [6, 6.07) is 19.1. The third-order valence-electron chi connectivity index (χ3n) is 7.32. The highest BCUT2D eigenvalue weighted by atomic mass is 35.5. The topological polar surface area (TPSA) is 72.9 Å². The zero-order valence-electron chi connectivity index (χ0n) is 22.6. The van der Waals surface area contributed by atoms with Crippen molar-refractivity contribution < 1.29 is 4.52 Å². The first-order valence-electron chi connectivity index (χ1n) is 13.2. The van der Waals surface area contributed by atoms with E-state index in [1.165, 1.54) is 11.1 Å². The number of fused-ring (bicyclic) bond motifs is 2. The smallest absolute Gasteiger partial charge is 0.191 e. The SMILES string of the molecule is Cc1ccc2c(-c3nnc(SCCCN4CCc5ccc(-c6cc(C)on6)cc5CC4)n3C)cccc2n1.Cl. The highest BCUT2D eigenvalue weighted by Gasteiger charge is 2.17. The van der Waals surface area contributed by atoms with Gasteiger partial charge in [-0.15, -0.1) is 22.6 Å². The van der Waals surface area contributed by atoms with Crippen LogP contribution in [0.5, 0.6) is 0 Å². The van der Waals surface area contributed by atoms with E-state index in [-0.39, 0.29) is 12.4 Å². The summed E-state index contributed by atoms with van der Waals surface area (Å²) >= 11 is 1.78. The van der Waals surface area contributed by atoms with Gasteiger partial charge in [-0.2, -0.15) is 0 Å². The fraction of sp³-hybridized carbons (Fsp3) is 0.333. The molecule has 4 heterocycles. The van der Waals surface area contributed by atoms with E-state index in [1.807, 2.05) is 26.0 Å². The van der Waals surface area contributed by atoms with Crippen LogP contribution >= 0.6 is 24.2 Å². The minimum Gasteiger partial charge on any atom is -0.361 e. The molecule has 2 aromatic carbocycles. The molecule has 6 rings (SSSR count). The summed E-state index contributed by atoms with van der Waals surface area (Å²) in [4.78, 5) is 7.26. The molecular weight excluding hydrogens is 528 g/mol. The van der Waals surface area contributed by atoms with Crippen molar-refractivity contribution in [1.29, 1.82) is 0 Å². The van der Waals surface area contributed by atoms with Crippen molar-refractivity contribution in [2.75, 3.05) is 25.4 Å². The Kier molecular flexibility index (Phi) is 8.35. The van der Waals surface area contributed by atoms with Crippen molar-refractivity contribution >= 4 is 35.1 Å². The van der Waals surface area contributed by atoms with Gasteiger partial charge < -0.3 is 14.0 Å². The van der Waals surface area contributed by atoms with Gasteiger partial charge >= 0.3 is 0 Å². The van der Waals surface area contributed by atoms with Crippen LogP contribution in [-0.4, -0.2) is 55.2 Å².